The smallest absolute Gasteiger partial charge is 0.270 e. The second kappa shape index (κ2) is 3.58. The molecule has 1 aromatic rings. The molecule has 1 aromatic carbocycles. The van der Waals surface area contributed by atoms with Crippen LogP contribution in [-0.2, 0) is 14.3 Å². The topological polar surface area (TPSA) is 43.4 Å². The van der Waals surface area contributed by atoms with Crippen LogP contribution in [0.4, 0.5) is 13.2 Å². The van der Waals surface area contributed by atoms with Crippen molar-refractivity contribution in [2.45, 2.75) is 4.90 Å². The van der Waals surface area contributed by atoms with Crippen molar-refractivity contribution in [1.29, 1.82) is 0 Å². The van der Waals surface area contributed by atoms with Gasteiger partial charge in [-0.05, 0) is 12.1 Å². The molecule has 0 fully saturated rings. The zero-order valence-electron chi connectivity index (χ0n) is 6.92. The maximum atomic E-state index is 12.9. The van der Waals surface area contributed by atoms with Crippen LogP contribution in [-0.4, -0.2) is 15.5 Å². The van der Waals surface area contributed by atoms with E-state index in [0.29, 0.717) is 12.1 Å². The minimum absolute atomic E-state index is 0.504. The van der Waals surface area contributed by atoms with Crippen molar-refractivity contribution < 1.29 is 25.8 Å². The van der Waals surface area contributed by atoms with Crippen molar-refractivity contribution in [3.63, 3.8) is 0 Å². The molecule has 0 aromatic heterocycles. The molecule has 0 aliphatic heterocycles. The molecular weight excluding hydrogens is 221 g/mol. The number of hydrogen-bond donors (Lipinski definition) is 0. The largest absolute Gasteiger partial charge is 0.299 e. The fourth-order valence-electron chi connectivity index (χ4n) is 0.791. The van der Waals surface area contributed by atoms with Crippen molar-refractivity contribution in [3.05, 3.63) is 29.6 Å². The first-order chi connectivity index (χ1) is 6.40. The molecule has 0 aliphatic rings. The van der Waals surface area contributed by atoms with E-state index in [-0.39, 0.29) is 0 Å². The molecule has 0 bridgehead atoms. The Labute approximate surface area is 78.2 Å². The summed E-state index contributed by atoms with van der Waals surface area (Å²) in [7, 11) is -3.56. The van der Waals surface area contributed by atoms with E-state index >= 15 is 0 Å². The Morgan fingerprint density at radius 2 is 1.71 bits per heavy atom. The number of benzene rings is 1. The Balaban J connectivity index is 3.47. The van der Waals surface area contributed by atoms with E-state index in [4.69, 9.17) is 0 Å². The van der Waals surface area contributed by atoms with Gasteiger partial charge < -0.3 is 0 Å². The van der Waals surface area contributed by atoms with E-state index < -0.39 is 32.5 Å². The van der Waals surface area contributed by atoms with Gasteiger partial charge in [0.25, 0.3) is 10.1 Å². The summed E-state index contributed by atoms with van der Waals surface area (Å²) < 4.78 is 63.7. The first kappa shape index (κ1) is 11.0. The lowest BCUT2D eigenvalue weighted by Gasteiger charge is -2.03. The van der Waals surface area contributed by atoms with E-state index in [1.54, 1.807) is 0 Å². The summed E-state index contributed by atoms with van der Waals surface area (Å²) in [6.07, 6.45) is 0. The molecule has 0 saturated carbocycles. The molecule has 14 heavy (non-hydrogen) atoms. The summed E-state index contributed by atoms with van der Waals surface area (Å²) in [4.78, 5) is -1.03. The average molecular weight is 226 g/mol. The van der Waals surface area contributed by atoms with Crippen LogP contribution in [0.25, 0.3) is 0 Å². The SMILES string of the molecule is COS(=O)(=O)c1ccc(F)c(F)c1F. The van der Waals surface area contributed by atoms with E-state index in [0.717, 1.165) is 7.11 Å². The number of hydrogen-bond acceptors (Lipinski definition) is 3. The summed E-state index contributed by atoms with van der Waals surface area (Å²) in [5, 5.41) is 0. The Morgan fingerprint density at radius 3 is 2.21 bits per heavy atom. The van der Waals surface area contributed by atoms with Gasteiger partial charge in [0.1, 0.15) is 4.90 Å². The van der Waals surface area contributed by atoms with E-state index in [1.807, 2.05) is 0 Å². The second-order valence-corrected chi connectivity index (χ2v) is 3.98. The Hall–Kier alpha value is -1.08. The van der Waals surface area contributed by atoms with Crippen LogP contribution in [0.2, 0.25) is 0 Å². The van der Waals surface area contributed by atoms with E-state index in [1.165, 1.54) is 0 Å². The van der Waals surface area contributed by atoms with Crippen LogP contribution in [0.15, 0.2) is 17.0 Å². The van der Waals surface area contributed by atoms with Crippen molar-refractivity contribution in [2.24, 2.45) is 0 Å². The predicted molar refractivity (Wildman–Crippen MR) is 40.5 cm³/mol. The van der Waals surface area contributed by atoms with Crippen LogP contribution >= 0.6 is 0 Å². The normalized spacial score (nSPS) is 11.7. The summed E-state index contributed by atoms with van der Waals surface area (Å²) in [6.45, 7) is 0. The highest BCUT2D eigenvalue weighted by Crippen LogP contribution is 2.20. The van der Waals surface area contributed by atoms with Crippen LogP contribution in [0.5, 0.6) is 0 Å². The monoisotopic (exact) mass is 226 g/mol. The van der Waals surface area contributed by atoms with Gasteiger partial charge in [0.05, 0.1) is 7.11 Å². The van der Waals surface area contributed by atoms with E-state index in [2.05, 4.69) is 4.18 Å². The summed E-state index contributed by atoms with van der Waals surface area (Å²) in [5.74, 6) is -5.09. The van der Waals surface area contributed by atoms with Gasteiger partial charge in [-0.25, -0.2) is 13.2 Å². The van der Waals surface area contributed by atoms with Crippen molar-refractivity contribution in [3.8, 4) is 0 Å². The third-order valence-corrected chi connectivity index (χ3v) is 2.78. The van der Waals surface area contributed by atoms with E-state index in [9.17, 15) is 21.6 Å². The molecule has 0 N–H and O–H groups in total. The zero-order valence-corrected chi connectivity index (χ0v) is 7.74. The van der Waals surface area contributed by atoms with Gasteiger partial charge in [-0.3, -0.25) is 4.18 Å². The number of halogens is 3. The molecule has 78 valence electrons. The molecule has 0 amide bonds. The van der Waals surface area contributed by atoms with Crippen LogP contribution in [0.1, 0.15) is 0 Å². The quantitative estimate of drug-likeness (QED) is 0.566. The highest BCUT2D eigenvalue weighted by atomic mass is 32.2. The summed E-state index contributed by atoms with van der Waals surface area (Å²) in [6, 6.07) is 1.09. The van der Waals surface area contributed by atoms with Gasteiger partial charge in [0.15, 0.2) is 17.5 Å². The van der Waals surface area contributed by atoms with Crippen molar-refractivity contribution in [1.82, 2.24) is 0 Å². The maximum absolute atomic E-state index is 12.9. The van der Waals surface area contributed by atoms with Gasteiger partial charge in [-0.2, -0.15) is 8.42 Å². The fraction of sp³-hybridized carbons (Fsp3) is 0.143. The third kappa shape index (κ3) is 1.73. The Morgan fingerprint density at radius 1 is 1.14 bits per heavy atom. The molecule has 0 unspecified atom stereocenters. The lowest BCUT2D eigenvalue weighted by molar-refractivity contribution is 0.384. The molecule has 0 aliphatic carbocycles. The number of rotatable bonds is 2. The third-order valence-electron chi connectivity index (χ3n) is 1.49. The van der Waals surface area contributed by atoms with Gasteiger partial charge in [-0.1, -0.05) is 0 Å². The molecule has 0 spiro atoms. The average Bonchev–Trinajstić information content (AvgIpc) is 2.14. The van der Waals surface area contributed by atoms with Crippen LogP contribution in [0.3, 0.4) is 0 Å². The zero-order chi connectivity index (χ0) is 10.9. The van der Waals surface area contributed by atoms with Crippen molar-refractivity contribution >= 4 is 10.1 Å². The Kier molecular flexibility index (Phi) is 2.81. The second-order valence-electron chi connectivity index (χ2n) is 2.29. The van der Waals surface area contributed by atoms with Crippen molar-refractivity contribution in [2.75, 3.05) is 7.11 Å². The molecule has 0 atom stereocenters. The van der Waals surface area contributed by atoms with Gasteiger partial charge in [0, 0.05) is 0 Å². The van der Waals surface area contributed by atoms with Gasteiger partial charge in [-0.15, -0.1) is 0 Å². The minimum Gasteiger partial charge on any atom is -0.270 e. The van der Waals surface area contributed by atoms with Crippen LogP contribution in [0, 0.1) is 17.5 Å². The predicted octanol–water partition coefficient (Wildman–Crippen LogP) is 1.44. The lowest BCUT2D eigenvalue weighted by Crippen LogP contribution is -2.07. The summed E-state index contributed by atoms with van der Waals surface area (Å²) >= 11 is 0. The molecule has 0 saturated heterocycles. The van der Waals surface area contributed by atoms with Gasteiger partial charge in [0.2, 0.25) is 0 Å². The molecule has 0 radical (unpaired) electrons. The highest BCUT2D eigenvalue weighted by Gasteiger charge is 2.23. The summed E-state index contributed by atoms with van der Waals surface area (Å²) in [5.41, 5.74) is 0. The first-order valence-corrected chi connectivity index (χ1v) is 4.75. The minimum atomic E-state index is -4.35. The molecule has 0 heterocycles. The molecule has 1 rings (SSSR count). The lowest BCUT2D eigenvalue weighted by atomic mass is 10.3. The van der Waals surface area contributed by atoms with Gasteiger partial charge >= 0.3 is 0 Å². The molecular formula is C7H5F3O3S. The standard InChI is InChI=1S/C7H5F3O3S/c1-13-14(11,12)5-3-2-4(8)6(9)7(5)10/h2-3H,1H3. The maximum Gasteiger partial charge on any atom is 0.299 e. The van der Waals surface area contributed by atoms with Crippen LogP contribution < -0.4 is 0 Å². The highest BCUT2D eigenvalue weighted by molar-refractivity contribution is 7.86. The first-order valence-electron chi connectivity index (χ1n) is 3.34. The fourth-order valence-corrected chi connectivity index (χ4v) is 1.51. The molecule has 3 nitrogen and oxygen atoms in total. The Bertz CT molecular complexity index is 455. The molecule has 7 heteroatoms.